The van der Waals surface area contributed by atoms with Gasteiger partial charge in [-0.3, -0.25) is 4.90 Å². The second-order valence-corrected chi connectivity index (χ2v) is 5.30. The number of benzene rings is 1. The summed E-state index contributed by atoms with van der Waals surface area (Å²) in [5.74, 6) is 0. The number of hydrogen-bond donors (Lipinski definition) is 4. The first-order valence-corrected chi connectivity index (χ1v) is 6.81. The highest BCUT2D eigenvalue weighted by Crippen LogP contribution is 2.31. The number of nitrogens with one attached hydrogen (secondary N) is 1. The third-order valence-corrected chi connectivity index (χ3v) is 4.01. The van der Waals surface area contributed by atoms with Crippen LogP contribution >= 0.6 is 12.2 Å². The van der Waals surface area contributed by atoms with Crippen LogP contribution in [0.5, 0.6) is 0 Å². The van der Waals surface area contributed by atoms with E-state index in [1.54, 1.807) is 4.90 Å². The zero-order valence-corrected chi connectivity index (χ0v) is 11.4. The largest absolute Gasteiger partial charge is 0.394 e. The van der Waals surface area contributed by atoms with Gasteiger partial charge in [-0.1, -0.05) is 18.2 Å². The predicted molar refractivity (Wildman–Crippen MR) is 76.2 cm³/mol. The Morgan fingerprint density at radius 1 is 1.20 bits per heavy atom. The van der Waals surface area contributed by atoms with Crippen LogP contribution in [-0.2, 0) is 4.74 Å². The minimum absolute atomic E-state index is 0.364. The second-order valence-electron chi connectivity index (χ2n) is 4.91. The van der Waals surface area contributed by atoms with E-state index >= 15 is 0 Å². The SMILES string of the molecule is OCC1OC2C(NC(=S)N2c2ccccc2)C(O)C1O. The molecule has 5 unspecified atom stereocenters. The van der Waals surface area contributed by atoms with Crippen LogP contribution < -0.4 is 10.2 Å². The summed E-state index contributed by atoms with van der Waals surface area (Å²) < 4.78 is 5.70. The Bertz CT molecular complexity index is 500. The van der Waals surface area contributed by atoms with Crippen LogP contribution in [0.3, 0.4) is 0 Å². The molecule has 2 fully saturated rings. The number of hydrogen-bond acceptors (Lipinski definition) is 5. The van der Waals surface area contributed by atoms with Crippen LogP contribution in [0.2, 0.25) is 0 Å². The van der Waals surface area contributed by atoms with E-state index in [0.717, 1.165) is 5.69 Å². The molecule has 0 aromatic heterocycles. The number of nitrogens with zero attached hydrogens (tertiary/aromatic N) is 1. The van der Waals surface area contributed by atoms with E-state index in [9.17, 15) is 15.3 Å². The highest BCUT2D eigenvalue weighted by Gasteiger charge is 2.51. The van der Waals surface area contributed by atoms with Gasteiger partial charge in [0.1, 0.15) is 24.4 Å². The van der Waals surface area contributed by atoms with Crippen LogP contribution in [0.15, 0.2) is 30.3 Å². The number of fused-ring (bicyclic) bond motifs is 1. The summed E-state index contributed by atoms with van der Waals surface area (Å²) in [7, 11) is 0. The summed E-state index contributed by atoms with van der Waals surface area (Å²) >= 11 is 5.28. The van der Waals surface area contributed by atoms with Gasteiger partial charge in [0.05, 0.1) is 6.61 Å². The van der Waals surface area contributed by atoms with E-state index in [1.165, 1.54) is 0 Å². The maximum atomic E-state index is 10.1. The minimum Gasteiger partial charge on any atom is -0.394 e. The molecule has 0 spiro atoms. The highest BCUT2D eigenvalue weighted by molar-refractivity contribution is 7.80. The molecule has 5 atom stereocenters. The first kappa shape index (κ1) is 13.7. The number of anilines is 1. The molecule has 4 N–H and O–H groups in total. The molecule has 0 aliphatic carbocycles. The van der Waals surface area contributed by atoms with Crippen molar-refractivity contribution in [2.24, 2.45) is 0 Å². The molecule has 0 saturated carbocycles. The van der Waals surface area contributed by atoms with Gasteiger partial charge in [-0.2, -0.15) is 0 Å². The van der Waals surface area contributed by atoms with Gasteiger partial charge in [-0.05, 0) is 24.4 Å². The third-order valence-electron chi connectivity index (χ3n) is 3.70. The Morgan fingerprint density at radius 3 is 2.55 bits per heavy atom. The van der Waals surface area contributed by atoms with E-state index in [4.69, 9.17) is 17.0 Å². The zero-order valence-electron chi connectivity index (χ0n) is 10.6. The van der Waals surface area contributed by atoms with Crippen LogP contribution in [-0.4, -0.2) is 57.6 Å². The predicted octanol–water partition coefficient (Wildman–Crippen LogP) is -0.811. The second kappa shape index (κ2) is 5.27. The number of aliphatic hydroxyl groups is 3. The lowest BCUT2D eigenvalue weighted by atomic mass is 9.97. The van der Waals surface area contributed by atoms with Crippen LogP contribution in [0.25, 0.3) is 0 Å². The van der Waals surface area contributed by atoms with Crippen LogP contribution in [0, 0.1) is 0 Å². The number of para-hydroxylation sites is 1. The Labute approximate surface area is 121 Å². The van der Waals surface area contributed by atoms with Crippen molar-refractivity contribution in [3.63, 3.8) is 0 Å². The highest BCUT2D eigenvalue weighted by atomic mass is 32.1. The number of rotatable bonds is 2. The van der Waals surface area contributed by atoms with Crippen molar-refractivity contribution in [1.29, 1.82) is 0 Å². The first-order chi connectivity index (χ1) is 9.63. The molecule has 108 valence electrons. The Morgan fingerprint density at radius 2 is 1.90 bits per heavy atom. The lowest BCUT2D eigenvalue weighted by molar-refractivity contribution is -0.184. The third kappa shape index (κ3) is 2.07. The van der Waals surface area contributed by atoms with E-state index in [2.05, 4.69) is 5.32 Å². The monoisotopic (exact) mass is 296 g/mol. The maximum Gasteiger partial charge on any atom is 0.176 e. The van der Waals surface area contributed by atoms with Gasteiger partial charge in [0.2, 0.25) is 0 Å². The van der Waals surface area contributed by atoms with Gasteiger partial charge < -0.3 is 25.4 Å². The van der Waals surface area contributed by atoms with Crippen molar-refractivity contribution in [1.82, 2.24) is 5.32 Å². The van der Waals surface area contributed by atoms with Gasteiger partial charge in [0, 0.05) is 5.69 Å². The van der Waals surface area contributed by atoms with E-state index in [0.29, 0.717) is 5.11 Å². The zero-order chi connectivity index (χ0) is 14.3. The van der Waals surface area contributed by atoms with Crippen LogP contribution in [0.4, 0.5) is 5.69 Å². The Kier molecular flexibility index (Phi) is 3.61. The lowest BCUT2D eigenvalue weighted by Crippen LogP contribution is -2.61. The summed E-state index contributed by atoms with van der Waals surface area (Å²) in [5.41, 5.74) is 0.831. The van der Waals surface area contributed by atoms with Crippen molar-refractivity contribution in [3.8, 4) is 0 Å². The minimum atomic E-state index is -1.15. The molecule has 2 saturated heterocycles. The fourth-order valence-corrected chi connectivity index (χ4v) is 3.00. The standard InChI is InChI=1S/C13H16N2O4S/c16-6-8-10(17)11(18)9-12(19-8)15(13(20)14-9)7-4-2-1-3-5-7/h1-5,8-12,16-18H,6H2,(H,14,20). The topological polar surface area (TPSA) is 85.2 Å². The van der Waals surface area contributed by atoms with Crippen molar-refractivity contribution in [2.45, 2.75) is 30.6 Å². The molecule has 20 heavy (non-hydrogen) atoms. The molecule has 0 radical (unpaired) electrons. The summed E-state index contributed by atoms with van der Waals surface area (Å²) in [4.78, 5) is 1.75. The van der Waals surface area contributed by atoms with Crippen molar-refractivity contribution in [2.75, 3.05) is 11.5 Å². The summed E-state index contributed by atoms with van der Waals surface area (Å²) in [5, 5.41) is 32.7. The molecule has 0 amide bonds. The molecule has 3 rings (SSSR count). The van der Waals surface area contributed by atoms with Crippen LogP contribution in [0.1, 0.15) is 0 Å². The van der Waals surface area contributed by atoms with Gasteiger partial charge >= 0.3 is 0 Å². The quantitative estimate of drug-likeness (QED) is 0.531. The first-order valence-electron chi connectivity index (χ1n) is 6.40. The lowest BCUT2D eigenvalue weighted by Gasteiger charge is -2.40. The molecule has 2 heterocycles. The van der Waals surface area contributed by atoms with E-state index in [1.807, 2.05) is 30.3 Å². The average molecular weight is 296 g/mol. The summed E-state index contributed by atoms with van der Waals surface area (Å²) in [6, 6.07) is 8.88. The molecule has 1 aromatic rings. The number of ether oxygens (including phenoxy) is 1. The number of aliphatic hydroxyl groups excluding tert-OH is 3. The fraction of sp³-hybridized carbons (Fsp3) is 0.462. The Hall–Kier alpha value is -1.25. The van der Waals surface area contributed by atoms with Crippen molar-refractivity contribution < 1.29 is 20.1 Å². The summed E-state index contributed by atoms with van der Waals surface area (Å²) in [6.07, 6.45) is -3.59. The molecule has 1 aromatic carbocycles. The average Bonchev–Trinajstić information content (AvgIpc) is 2.80. The molecule has 7 heteroatoms. The van der Waals surface area contributed by atoms with Gasteiger partial charge in [0.15, 0.2) is 11.3 Å². The normalized spacial score (nSPS) is 36.6. The fourth-order valence-electron chi connectivity index (χ4n) is 2.65. The van der Waals surface area contributed by atoms with E-state index in [-0.39, 0.29) is 6.61 Å². The molecule has 0 bridgehead atoms. The maximum absolute atomic E-state index is 10.1. The molecular formula is C13H16N2O4S. The van der Waals surface area contributed by atoms with Crippen molar-refractivity contribution in [3.05, 3.63) is 30.3 Å². The molecule has 2 aliphatic heterocycles. The van der Waals surface area contributed by atoms with Gasteiger partial charge in [0.25, 0.3) is 0 Å². The smallest absolute Gasteiger partial charge is 0.176 e. The molecular weight excluding hydrogens is 280 g/mol. The van der Waals surface area contributed by atoms with Crippen molar-refractivity contribution >= 4 is 23.0 Å². The van der Waals surface area contributed by atoms with Gasteiger partial charge in [-0.25, -0.2) is 0 Å². The molecule has 2 aliphatic rings. The number of thiocarbonyl (C=S) groups is 1. The Balaban J connectivity index is 1.92. The summed E-state index contributed by atoms with van der Waals surface area (Å²) in [6.45, 7) is -0.364. The molecule has 6 nitrogen and oxygen atoms in total. The van der Waals surface area contributed by atoms with E-state index < -0.39 is 30.6 Å². The van der Waals surface area contributed by atoms with Gasteiger partial charge in [-0.15, -0.1) is 0 Å².